The molecule has 1 aliphatic carbocycles. The highest BCUT2D eigenvalue weighted by Crippen LogP contribution is 2.38. The summed E-state index contributed by atoms with van der Waals surface area (Å²) < 4.78 is 4.29. The molecule has 5 rings (SSSR count). The van der Waals surface area contributed by atoms with Crippen LogP contribution < -0.4 is 0 Å². The summed E-state index contributed by atoms with van der Waals surface area (Å²) in [6.45, 7) is 4.14. The number of aryl methyl sites for hydroxylation is 1. The fourth-order valence-corrected chi connectivity index (χ4v) is 4.54. The summed E-state index contributed by atoms with van der Waals surface area (Å²) in [6.07, 6.45) is 2.44. The van der Waals surface area contributed by atoms with Gasteiger partial charge < -0.3 is 4.57 Å². The van der Waals surface area contributed by atoms with Gasteiger partial charge in [-0.2, -0.15) is 0 Å². The van der Waals surface area contributed by atoms with E-state index in [4.69, 9.17) is 0 Å². The highest BCUT2D eigenvalue weighted by Gasteiger charge is 2.28. The van der Waals surface area contributed by atoms with Gasteiger partial charge in [-0.15, -0.1) is 5.10 Å². The zero-order chi connectivity index (χ0) is 17.8. The number of fused-ring (bicyclic) bond motifs is 3. The number of carbonyl (C=O) groups is 1. The standard InChI is InChI=1S/C19H19N5OS/c1-11-9-14(12(2)23(11)13-7-8-13)17(25)10-26-19-22-21-18-20-15-5-3-4-6-16(15)24(18)19/h3-6,9,13H,7-8,10H2,1-2H3,(H,20,21). The van der Waals surface area contributed by atoms with Crippen LogP contribution in [-0.2, 0) is 0 Å². The van der Waals surface area contributed by atoms with Gasteiger partial charge in [-0.3, -0.25) is 9.20 Å². The maximum absolute atomic E-state index is 12.8. The average Bonchev–Trinajstić information content (AvgIpc) is 3.16. The average molecular weight is 365 g/mol. The summed E-state index contributed by atoms with van der Waals surface area (Å²) in [6, 6.07) is 10.6. The number of carbonyl (C=O) groups excluding carboxylic acids is 1. The number of thioether (sulfide) groups is 1. The molecular weight excluding hydrogens is 346 g/mol. The van der Waals surface area contributed by atoms with E-state index in [9.17, 15) is 4.79 Å². The van der Waals surface area contributed by atoms with Gasteiger partial charge >= 0.3 is 0 Å². The van der Waals surface area contributed by atoms with Crippen molar-refractivity contribution >= 4 is 34.4 Å². The van der Waals surface area contributed by atoms with E-state index in [1.54, 1.807) is 0 Å². The Morgan fingerprint density at radius 2 is 2.12 bits per heavy atom. The molecule has 1 aliphatic rings. The third kappa shape index (κ3) is 2.38. The normalized spacial score (nSPS) is 14.5. The lowest BCUT2D eigenvalue weighted by Gasteiger charge is -2.07. The number of benzene rings is 1. The molecule has 0 saturated heterocycles. The van der Waals surface area contributed by atoms with Gasteiger partial charge in [0.05, 0.1) is 16.8 Å². The predicted molar refractivity (Wildman–Crippen MR) is 102 cm³/mol. The minimum atomic E-state index is 0.149. The predicted octanol–water partition coefficient (Wildman–Crippen LogP) is 3.94. The first-order valence-electron chi connectivity index (χ1n) is 8.79. The van der Waals surface area contributed by atoms with Gasteiger partial charge in [-0.1, -0.05) is 23.9 Å². The molecule has 7 heteroatoms. The number of para-hydroxylation sites is 2. The zero-order valence-corrected chi connectivity index (χ0v) is 15.5. The van der Waals surface area contributed by atoms with Crippen molar-refractivity contribution in [3.05, 3.63) is 47.3 Å². The van der Waals surface area contributed by atoms with E-state index in [1.807, 2.05) is 34.7 Å². The number of ketones is 1. The lowest BCUT2D eigenvalue weighted by Crippen LogP contribution is -2.06. The van der Waals surface area contributed by atoms with Crippen LogP contribution in [0.25, 0.3) is 16.8 Å². The van der Waals surface area contributed by atoms with E-state index in [0.29, 0.717) is 17.6 Å². The fraction of sp³-hybridized carbons (Fsp3) is 0.316. The Kier molecular flexibility index (Phi) is 3.46. The number of aromatic amines is 1. The van der Waals surface area contributed by atoms with Crippen LogP contribution in [0.15, 0.2) is 35.5 Å². The van der Waals surface area contributed by atoms with Gasteiger partial charge in [0, 0.05) is 23.0 Å². The molecule has 0 amide bonds. The number of aromatic nitrogens is 5. The Balaban J connectivity index is 1.42. The van der Waals surface area contributed by atoms with Gasteiger partial charge in [-0.05, 0) is 44.9 Å². The summed E-state index contributed by atoms with van der Waals surface area (Å²) in [5, 5.41) is 8.05. The van der Waals surface area contributed by atoms with Crippen LogP contribution in [0.3, 0.4) is 0 Å². The molecule has 0 bridgehead atoms. The summed E-state index contributed by atoms with van der Waals surface area (Å²) in [4.78, 5) is 17.3. The second-order valence-electron chi connectivity index (χ2n) is 6.86. The zero-order valence-electron chi connectivity index (χ0n) is 14.7. The second kappa shape index (κ2) is 5.74. The molecule has 0 spiro atoms. The van der Waals surface area contributed by atoms with Crippen LogP contribution in [0.4, 0.5) is 0 Å². The Morgan fingerprint density at radius 1 is 1.31 bits per heavy atom. The van der Waals surface area contributed by atoms with E-state index >= 15 is 0 Å². The number of nitrogens with one attached hydrogen (secondary N) is 1. The summed E-state index contributed by atoms with van der Waals surface area (Å²) in [5.41, 5.74) is 5.03. The molecule has 0 unspecified atom stereocenters. The first kappa shape index (κ1) is 15.7. The number of rotatable bonds is 5. The maximum atomic E-state index is 12.8. The van der Waals surface area contributed by atoms with E-state index in [-0.39, 0.29) is 5.78 Å². The number of hydrogen-bond acceptors (Lipinski definition) is 4. The van der Waals surface area contributed by atoms with Crippen molar-refractivity contribution in [3.8, 4) is 0 Å². The molecule has 4 aromatic rings. The molecule has 1 fully saturated rings. The molecule has 0 radical (unpaired) electrons. The maximum Gasteiger partial charge on any atom is 0.231 e. The molecule has 1 aromatic carbocycles. The van der Waals surface area contributed by atoms with Gasteiger partial charge in [-0.25, -0.2) is 10.1 Å². The summed E-state index contributed by atoms with van der Waals surface area (Å²) >= 11 is 1.45. The Labute approximate surface area is 154 Å². The van der Waals surface area contributed by atoms with Crippen molar-refractivity contribution in [2.75, 3.05) is 5.75 Å². The van der Waals surface area contributed by atoms with Crippen molar-refractivity contribution in [2.45, 2.75) is 37.9 Å². The van der Waals surface area contributed by atoms with Gasteiger partial charge in [0.15, 0.2) is 10.9 Å². The number of hydrogen-bond donors (Lipinski definition) is 1. The van der Waals surface area contributed by atoms with E-state index in [0.717, 1.165) is 27.4 Å². The molecule has 3 aromatic heterocycles. The molecule has 6 nitrogen and oxygen atoms in total. The van der Waals surface area contributed by atoms with Crippen LogP contribution in [0.1, 0.15) is 40.6 Å². The van der Waals surface area contributed by atoms with Crippen molar-refractivity contribution in [3.63, 3.8) is 0 Å². The number of H-pyrrole nitrogens is 1. The van der Waals surface area contributed by atoms with Crippen LogP contribution in [0.2, 0.25) is 0 Å². The van der Waals surface area contributed by atoms with Crippen LogP contribution in [-0.4, -0.2) is 35.7 Å². The number of imidazole rings is 1. The van der Waals surface area contributed by atoms with Crippen LogP contribution in [0, 0.1) is 13.8 Å². The Bertz CT molecular complexity index is 1150. The van der Waals surface area contributed by atoms with Crippen molar-refractivity contribution < 1.29 is 4.79 Å². The van der Waals surface area contributed by atoms with Gasteiger partial charge in [0.1, 0.15) is 0 Å². The van der Waals surface area contributed by atoms with Crippen LogP contribution in [0.5, 0.6) is 0 Å². The first-order valence-corrected chi connectivity index (χ1v) is 9.78. The lowest BCUT2D eigenvalue weighted by molar-refractivity contribution is 0.102. The minimum Gasteiger partial charge on any atom is -0.345 e. The molecule has 1 saturated carbocycles. The minimum absolute atomic E-state index is 0.149. The Morgan fingerprint density at radius 3 is 2.92 bits per heavy atom. The third-order valence-corrected chi connectivity index (χ3v) is 5.97. The molecule has 132 valence electrons. The van der Waals surface area contributed by atoms with Crippen molar-refractivity contribution in [1.82, 2.24) is 24.1 Å². The molecule has 0 aliphatic heterocycles. The quantitative estimate of drug-likeness (QED) is 0.430. The third-order valence-electron chi connectivity index (χ3n) is 5.03. The van der Waals surface area contributed by atoms with E-state index in [2.05, 4.69) is 33.6 Å². The molecular formula is C19H19N5OS. The molecule has 3 heterocycles. The smallest absolute Gasteiger partial charge is 0.231 e. The fourth-order valence-electron chi connectivity index (χ4n) is 3.70. The largest absolute Gasteiger partial charge is 0.345 e. The van der Waals surface area contributed by atoms with Crippen LogP contribution >= 0.6 is 11.8 Å². The number of nitrogens with zero attached hydrogens (tertiary/aromatic N) is 4. The number of Topliss-reactive ketones (excluding diaryl/α,β-unsaturated/α-hetero) is 1. The van der Waals surface area contributed by atoms with Gasteiger partial charge in [0.25, 0.3) is 0 Å². The Hall–Kier alpha value is -2.54. The van der Waals surface area contributed by atoms with E-state index in [1.165, 1.54) is 30.3 Å². The monoisotopic (exact) mass is 365 g/mol. The summed E-state index contributed by atoms with van der Waals surface area (Å²) in [5.74, 6) is 1.21. The SMILES string of the molecule is Cc1cc(C(=O)CSc2n[nH]c3nc4ccccc4n23)c(C)n1C1CC1. The topological polar surface area (TPSA) is 68.0 Å². The lowest BCUT2D eigenvalue weighted by atomic mass is 10.2. The second-order valence-corrected chi connectivity index (χ2v) is 7.81. The highest BCUT2D eigenvalue weighted by molar-refractivity contribution is 7.99. The summed E-state index contributed by atoms with van der Waals surface area (Å²) in [7, 11) is 0. The molecule has 26 heavy (non-hydrogen) atoms. The van der Waals surface area contributed by atoms with Crippen molar-refractivity contribution in [2.24, 2.45) is 0 Å². The van der Waals surface area contributed by atoms with Crippen molar-refractivity contribution in [1.29, 1.82) is 0 Å². The van der Waals surface area contributed by atoms with Gasteiger partial charge in [0.2, 0.25) is 5.78 Å². The molecule has 1 N–H and O–H groups in total. The highest BCUT2D eigenvalue weighted by atomic mass is 32.2. The first-order chi connectivity index (χ1) is 12.6. The molecule has 0 atom stereocenters. The van der Waals surface area contributed by atoms with E-state index < -0.39 is 0 Å².